The van der Waals surface area contributed by atoms with Crippen LogP contribution in [-0.2, 0) is 6.42 Å². The molecule has 3 nitrogen and oxygen atoms in total. The van der Waals surface area contributed by atoms with Crippen LogP contribution in [0.4, 0.5) is 0 Å². The highest BCUT2D eigenvalue weighted by Gasteiger charge is 2.23. The van der Waals surface area contributed by atoms with Crippen molar-refractivity contribution in [1.82, 2.24) is 10.2 Å². The van der Waals surface area contributed by atoms with Crippen molar-refractivity contribution < 1.29 is 4.74 Å². The summed E-state index contributed by atoms with van der Waals surface area (Å²) in [6.45, 7) is 3.21. The van der Waals surface area contributed by atoms with Gasteiger partial charge in [-0.15, -0.1) is 0 Å². The van der Waals surface area contributed by atoms with Gasteiger partial charge in [0.1, 0.15) is 11.9 Å². The van der Waals surface area contributed by atoms with Crippen molar-refractivity contribution in [2.24, 2.45) is 0 Å². The Morgan fingerprint density at radius 3 is 3.00 bits per heavy atom. The van der Waals surface area contributed by atoms with Gasteiger partial charge < -0.3 is 15.0 Å². The first-order valence-electron chi connectivity index (χ1n) is 6.37. The van der Waals surface area contributed by atoms with Crippen LogP contribution in [0.2, 0.25) is 0 Å². The van der Waals surface area contributed by atoms with Crippen LogP contribution in [0.1, 0.15) is 12.0 Å². The second-order valence-corrected chi connectivity index (χ2v) is 4.77. The van der Waals surface area contributed by atoms with Crippen LogP contribution in [0.25, 0.3) is 0 Å². The third-order valence-electron chi connectivity index (χ3n) is 3.20. The molecule has 3 heteroatoms. The second-order valence-electron chi connectivity index (χ2n) is 4.77. The maximum atomic E-state index is 5.93. The fourth-order valence-corrected chi connectivity index (χ4v) is 2.32. The van der Waals surface area contributed by atoms with Gasteiger partial charge in [-0.25, -0.2) is 0 Å². The highest BCUT2D eigenvalue weighted by Crippen LogP contribution is 2.28. The van der Waals surface area contributed by atoms with Crippen LogP contribution in [0.3, 0.4) is 0 Å². The lowest BCUT2D eigenvalue weighted by Crippen LogP contribution is -2.33. The number of benzene rings is 1. The van der Waals surface area contributed by atoms with Crippen LogP contribution >= 0.6 is 0 Å². The molecule has 0 spiro atoms. The Morgan fingerprint density at radius 1 is 1.41 bits per heavy atom. The number of rotatable bonds is 6. The number of fused-ring (bicyclic) bond motifs is 1. The molecular weight excluding hydrogens is 212 g/mol. The van der Waals surface area contributed by atoms with E-state index >= 15 is 0 Å². The van der Waals surface area contributed by atoms with E-state index in [4.69, 9.17) is 4.74 Å². The van der Waals surface area contributed by atoms with Gasteiger partial charge in [0.2, 0.25) is 0 Å². The first-order chi connectivity index (χ1) is 8.29. The number of hydrogen-bond donors (Lipinski definition) is 1. The lowest BCUT2D eigenvalue weighted by Gasteiger charge is -2.20. The maximum absolute atomic E-state index is 5.93. The lowest BCUT2D eigenvalue weighted by molar-refractivity contribution is 0.168. The Hall–Kier alpha value is -1.06. The summed E-state index contributed by atoms with van der Waals surface area (Å²) < 4.78 is 5.93. The van der Waals surface area contributed by atoms with Crippen molar-refractivity contribution >= 4 is 0 Å². The number of hydrogen-bond acceptors (Lipinski definition) is 3. The van der Waals surface area contributed by atoms with Gasteiger partial charge in [-0.2, -0.15) is 0 Å². The molecule has 1 N–H and O–H groups in total. The fourth-order valence-electron chi connectivity index (χ4n) is 2.32. The standard InChI is InChI=1S/C14H22N2O/c1-15-8-5-9-16(2)11-13-10-12-6-3-4-7-14(12)17-13/h3-4,6-7,13,15H,5,8-11H2,1-2H3. The van der Waals surface area contributed by atoms with Crippen molar-refractivity contribution in [3.63, 3.8) is 0 Å². The van der Waals surface area contributed by atoms with E-state index in [2.05, 4.69) is 35.5 Å². The lowest BCUT2D eigenvalue weighted by atomic mass is 10.1. The molecule has 94 valence electrons. The largest absolute Gasteiger partial charge is 0.488 e. The average Bonchev–Trinajstić information content (AvgIpc) is 2.71. The van der Waals surface area contributed by atoms with E-state index in [9.17, 15) is 0 Å². The monoisotopic (exact) mass is 234 g/mol. The van der Waals surface area contributed by atoms with Gasteiger partial charge in [0, 0.05) is 13.0 Å². The maximum Gasteiger partial charge on any atom is 0.123 e. The van der Waals surface area contributed by atoms with E-state index in [1.807, 2.05) is 13.1 Å². The molecule has 1 heterocycles. The van der Waals surface area contributed by atoms with Gasteiger partial charge in [0.25, 0.3) is 0 Å². The number of nitrogens with zero attached hydrogens (tertiary/aromatic N) is 1. The third-order valence-corrected chi connectivity index (χ3v) is 3.20. The molecule has 2 rings (SSSR count). The van der Waals surface area contributed by atoms with E-state index < -0.39 is 0 Å². The fraction of sp³-hybridized carbons (Fsp3) is 0.571. The normalized spacial score (nSPS) is 18.2. The van der Waals surface area contributed by atoms with Crippen LogP contribution in [0, 0.1) is 0 Å². The van der Waals surface area contributed by atoms with Crippen molar-refractivity contribution in [3.8, 4) is 5.75 Å². The minimum absolute atomic E-state index is 0.326. The molecule has 17 heavy (non-hydrogen) atoms. The molecule has 1 unspecified atom stereocenters. The van der Waals surface area contributed by atoms with Gasteiger partial charge in [0.05, 0.1) is 0 Å². The molecule has 0 saturated heterocycles. The molecule has 0 fully saturated rings. The van der Waals surface area contributed by atoms with E-state index in [0.717, 1.165) is 31.8 Å². The summed E-state index contributed by atoms with van der Waals surface area (Å²) in [7, 11) is 4.17. The summed E-state index contributed by atoms with van der Waals surface area (Å²) in [5.74, 6) is 1.07. The summed E-state index contributed by atoms with van der Waals surface area (Å²) in [6, 6.07) is 8.35. The van der Waals surface area contributed by atoms with Gasteiger partial charge in [-0.05, 0) is 45.2 Å². The summed E-state index contributed by atoms with van der Waals surface area (Å²) in [5.41, 5.74) is 1.35. The quantitative estimate of drug-likeness (QED) is 0.756. The summed E-state index contributed by atoms with van der Waals surface area (Å²) in [5, 5.41) is 3.17. The minimum Gasteiger partial charge on any atom is -0.488 e. The second kappa shape index (κ2) is 6.03. The Morgan fingerprint density at radius 2 is 2.24 bits per heavy atom. The molecule has 1 aliphatic heterocycles. The molecule has 0 bridgehead atoms. The zero-order chi connectivity index (χ0) is 12.1. The van der Waals surface area contributed by atoms with Crippen LogP contribution < -0.4 is 10.1 Å². The highest BCUT2D eigenvalue weighted by molar-refractivity contribution is 5.37. The predicted molar refractivity (Wildman–Crippen MR) is 70.6 cm³/mol. The van der Waals surface area contributed by atoms with Crippen LogP contribution in [0.15, 0.2) is 24.3 Å². The Bertz CT molecular complexity index is 329. The van der Waals surface area contributed by atoms with E-state index in [-0.39, 0.29) is 0 Å². The molecule has 0 aromatic heterocycles. The van der Waals surface area contributed by atoms with Gasteiger partial charge >= 0.3 is 0 Å². The Kier molecular flexibility index (Phi) is 4.40. The smallest absolute Gasteiger partial charge is 0.123 e. The number of likely N-dealkylation sites (N-methyl/N-ethyl adjacent to an activating group) is 1. The molecule has 1 aliphatic rings. The topological polar surface area (TPSA) is 24.5 Å². The SMILES string of the molecule is CNCCCN(C)CC1Cc2ccccc2O1. The molecule has 0 saturated carbocycles. The summed E-state index contributed by atoms with van der Waals surface area (Å²) >= 11 is 0. The zero-order valence-corrected chi connectivity index (χ0v) is 10.8. The van der Waals surface area contributed by atoms with Gasteiger partial charge in [0.15, 0.2) is 0 Å². The number of ether oxygens (including phenoxy) is 1. The van der Waals surface area contributed by atoms with Gasteiger partial charge in [-0.3, -0.25) is 0 Å². The Balaban J connectivity index is 1.75. The van der Waals surface area contributed by atoms with E-state index in [0.29, 0.717) is 6.10 Å². The molecule has 1 atom stereocenters. The third kappa shape index (κ3) is 3.45. The number of para-hydroxylation sites is 1. The first-order valence-corrected chi connectivity index (χ1v) is 6.37. The van der Waals surface area contributed by atoms with E-state index in [1.54, 1.807) is 0 Å². The first kappa shape index (κ1) is 12.4. The predicted octanol–water partition coefficient (Wildman–Crippen LogP) is 1.53. The average molecular weight is 234 g/mol. The molecule has 0 radical (unpaired) electrons. The summed E-state index contributed by atoms with van der Waals surface area (Å²) in [6.07, 6.45) is 2.56. The van der Waals surface area contributed by atoms with E-state index in [1.165, 1.54) is 12.0 Å². The van der Waals surface area contributed by atoms with Crippen LogP contribution in [-0.4, -0.2) is 44.7 Å². The van der Waals surface area contributed by atoms with Crippen molar-refractivity contribution in [2.45, 2.75) is 18.9 Å². The minimum atomic E-state index is 0.326. The molecule has 1 aromatic rings. The van der Waals surface area contributed by atoms with Crippen molar-refractivity contribution in [1.29, 1.82) is 0 Å². The number of nitrogens with one attached hydrogen (secondary N) is 1. The van der Waals surface area contributed by atoms with Crippen molar-refractivity contribution in [2.75, 3.05) is 33.7 Å². The van der Waals surface area contributed by atoms with Gasteiger partial charge in [-0.1, -0.05) is 18.2 Å². The Labute approximate surface area is 104 Å². The zero-order valence-electron chi connectivity index (χ0n) is 10.8. The molecule has 1 aromatic carbocycles. The summed E-state index contributed by atoms with van der Waals surface area (Å²) in [4.78, 5) is 2.36. The molecule has 0 amide bonds. The highest BCUT2D eigenvalue weighted by atomic mass is 16.5. The molecular formula is C14H22N2O. The molecule has 0 aliphatic carbocycles. The van der Waals surface area contributed by atoms with Crippen LogP contribution in [0.5, 0.6) is 5.75 Å². The van der Waals surface area contributed by atoms with Crippen molar-refractivity contribution in [3.05, 3.63) is 29.8 Å².